The van der Waals surface area contributed by atoms with E-state index in [1.807, 2.05) is 38.1 Å². The fourth-order valence-electron chi connectivity index (χ4n) is 4.05. The van der Waals surface area contributed by atoms with Gasteiger partial charge in [-0.25, -0.2) is 0 Å². The molecule has 31 heavy (non-hydrogen) atoms. The predicted molar refractivity (Wildman–Crippen MR) is 126 cm³/mol. The van der Waals surface area contributed by atoms with Gasteiger partial charge in [0.15, 0.2) is 0 Å². The van der Waals surface area contributed by atoms with E-state index in [0.29, 0.717) is 16.6 Å². The highest BCUT2D eigenvalue weighted by molar-refractivity contribution is 6.42. The van der Waals surface area contributed by atoms with Gasteiger partial charge in [0.05, 0.1) is 16.5 Å². The molecule has 1 N–H and O–H groups in total. The number of aryl methyl sites for hydroxylation is 1. The average molecular weight is 461 g/mol. The van der Waals surface area contributed by atoms with Crippen LogP contribution in [0.15, 0.2) is 42.5 Å². The van der Waals surface area contributed by atoms with Crippen LogP contribution in [0.2, 0.25) is 10.0 Å². The van der Waals surface area contributed by atoms with Crippen molar-refractivity contribution in [2.45, 2.75) is 71.0 Å². The molecule has 1 aliphatic carbocycles. The lowest BCUT2D eigenvalue weighted by Crippen LogP contribution is -2.50. The van der Waals surface area contributed by atoms with Crippen molar-refractivity contribution in [3.05, 3.63) is 69.2 Å². The molecule has 2 amide bonds. The highest BCUT2D eigenvalue weighted by atomic mass is 35.5. The summed E-state index contributed by atoms with van der Waals surface area (Å²) < 4.78 is 0. The van der Waals surface area contributed by atoms with Gasteiger partial charge in [0, 0.05) is 12.6 Å². The van der Waals surface area contributed by atoms with Crippen molar-refractivity contribution in [2.75, 3.05) is 0 Å². The summed E-state index contributed by atoms with van der Waals surface area (Å²) in [4.78, 5) is 28.0. The first kappa shape index (κ1) is 23.6. The molecule has 4 nitrogen and oxygen atoms in total. The summed E-state index contributed by atoms with van der Waals surface area (Å²) in [6.45, 7) is 4.21. The summed E-state index contributed by atoms with van der Waals surface area (Å²) in [7, 11) is 0. The van der Waals surface area contributed by atoms with Crippen LogP contribution in [0.5, 0.6) is 0 Å². The lowest BCUT2D eigenvalue weighted by atomic mass is 9.95. The van der Waals surface area contributed by atoms with E-state index in [9.17, 15) is 9.59 Å². The van der Waals surface area contributed by atoms with Crippen LogP contribution < -0.4 is 5.32 Å². The van der Waals surface area contributed by atoms with Crippen molar-refractivity contribution in [1.29, 1.82) is 0 Å². The number of hydrogen-bond donors (Lipinski definition) is 1. The molecular formula is C25H30Cl2N2O2. The van der Waals surface area contributed by atoms with Gasteiger partial charge < -0.3 is 10.2 Å². The highest BCUT2D eigenvalue weighted by Gasteiger charge is 2.28. The zero-order valence-corrected chi connectivity index (χ0v) is 19.7. The van der Waals surface area contributed by atoms with Crippen molar-refractivity contribution < 1.29 is 9.59 Å². The number of nitrogens with one attached hydrogen (secondary N) is 1. The van der Waals surface area contributed by atoms with Crippen LogP contribution in [0, 0.1) is 6.92 Å². The number of rotatable bonds is 7. The van der Waals surface area contributed by atoms with Gasteiger partial charge >= 0.3 is 0 Å². The van der Waals surface area contributed by atoms with E-state index in [4.69, 9.17) is 23.2 Å². The Labute approximate surface area is 194 Å². The third-order valence-electron chi connectivity index (χ3n) is 6.06. The molecular weight excluding hydrogens is 431 g/mol. The zero-order chi connectivity index (χ0) is 22.4. The molecule has 0 aliphatic heterocycles. The van der Waals surface area contributed by atoms with E-state index < -0.39 is 6.04 Å². The quantitative estimate of drug-likeness (QED) is 0.574. The first-order valence-electron chi connectivity index (χ1n) is 10.9. The van der Waals surface area contributed by atoms with Crippen LogP contribution in [0.25, 0.3) is 0 Å². The molecule has 1 fully saturated rings. The fraction of sp³-hybridized carbons (Fsp3) is 0.440. The minimum Gasteiger partial charge on any atom is -0.352 e. The predicted octanol–water partition coefficient (Wildman–Crippen LogP) is 5.71. The number of amides is 2. The number of hydrogen-bond acceptors (Lipinski definition) is 2. The minimum atomic E-state index is -0.572. The average Bonchev–Trinajstić information content (AvgIpc) is 2.76. The van der Waals surface area contributed by atoms with Crippen molar-refractivity contribution in [1.82, 2.24) is 10.2 Å². The van der Waals surface area contributed by atoms with Crippen LogP contribution in [-0.2, 0) is 22.6 Å². The second kappa shape index (κ2) is 11.0. The molecule has 0 aromatic heterocycles. The smallest absolute Gasteiger partial charge is 0.242 e. The molecule has 2 aromatic carbocycles. The summed E-state index contributed by atoms with van der Waals surface area (Å²) in [5.41, 5.74) is 2.89. The second-order valence-corrected chi connectivity index (χ2v) is 9.21. The topological polar surface area (TPSA) is 49.4 Å². The number of carbonyl (C=O) groups excluding carboxylic acids is 2. The third kappa shape index (κ3) is 6.47. The van der Waals surface area contributed by atoms with E-state index in [-0.39, 0.29) is 24.3 Å². The lowest BCUT2D eigenvalue weighted by molar-refractivity contribution is -0.140. The van der Waals surface area contributed by atoms with Gasteiger partial charge in [-0.1, -0.05) is 72.8 Å². The van der Waals surface area contributed by atoms with Gasteiger partial charge in [-0.15, -0.1) is 0 Å². The monoisotopic (exact) mass is 460 g/mol. The molecule has 0 radical (unpaired) electrons. The molecule has 1 saturated carbocycles. The molecule has 1 aliphatic rings. The van der Waals surface area contributed by atoms with Crippen molar-refractivity contribution in [2.24, 2.45) is 0 Å². The summed E-state index contributed by atoms with van der Waals surface area (Å²) in [5, 5.41) is 4.03. The summed E-state index contributed by atoms with van der Waals surface area (Å²) in [5.74, 6) is -0.212. The lowest BCUT2D eigenvalue weighted by Gasteiger charge is -2.31. The van der Waals surface area contributed by atoms with Crippen molar-refractivity contribution >= 4 is 35.0 Å². The molecule has 0 unspecified atom stereocenters. The Morgan fingerprint density at radius 3 is 2.45 bits per heavy atom. The Kier molecular flexibility index (Phi) is 8.39. The fourth-order valence-corrected chi connectivity index (χ4v) is 4.37. The van der Waals surface area contributed by atoms with Gasteiger partial charge in [0.1, 0.15) is 6.04 Å². The SMILES string of the molecule is Cc1ccccc1CN(C(=O)Cc1ccc(Cl)c(Cl)c1)[C@H](C)C(=O)NC1CCCCC1. The first-order valence-corrected chi connectivity index (χ1v) is 11.7. The Balaban J connectivity index is 1.78. The number of carbonyl (C=O) groups is 2. The standard InChI is InChI=1S/C25H30Cl2N2O2/c1-17-8-6-7-9-20(17)16-29(18(2)25(31)28-21-10-4-3-5-11-21)24(30)15-19-12-13-22(26)23(27)14-19/h6-9,12-14,18,21H,3-5,10-11,15-16H2,1-2H3,(H,28,31)/t18-/m1/s1. The maximum Gasteiger partial charge on any atom is 0.242 e. The van der Waals surface area contributed by atoms with Crippen molar-refractivity contribution in [3.8, 4) is 0 Å². The van der Waals surface area contributed by atoms with Gasteiger partial charge in [-0.2, -0.15) is 0 Å². The van der Waals surface area contributed by atoms with Gasteiger partial charge in [-0.05, 0) is 55.5 Å². The molecule has 166 valence electrons. The van der Waals surface area contributed by atoms with Crippen LogP contribution in [0.1, 0.15) is 55.7 Å². The van der Waals surface area contributed by atoms with Gasteiger partial charge in [0.2, 0.25) is 11.8 Å². The summed E-state index contributed by atoms with van der Waals surface area (Å²) >= 11 is 12.1. The van der Waals surface area contributed by atoms with Gasteiger partial charge in [0.25, 0.3) is 0 Å². The maximum absolute atomic E-state index is 13.3. The molecule has 0 spiro atoms. The normalized spacial score (nSPS) is 15.4. The second-order valence-electron chi connectivity index (χ2n) is 8.39. The number of benzene rings is 2. The Bertz CT molecular complexity index is 925. The van der Waals surface area contributed by atoms with E-state index >= 15 is 0 Å². The van der Waals surface area contributed by atoms with Crippen LogP contribution in [-0.4, -0.2) is 28.8 Å². The molecule has 2 aromatic rings. The molecule has 6 heteroatoms. The number of halogens is 2. The third-order valence-corrected chi connectivity index (χ3v) is 6.80. The van der Waals surface area contributed by atoms with E-state index in [1.54, 1.807) is 23.1 Å². The molecule has 0 saturated heterocycles. The molecule has 0 bridgehead atoms. The first-order chi connectivity index (χ1) is 14.8. The van der Waals surface area contributed by atoms with Crippen LogP contribution >= 0.6 is 23.2 Å². The Morgan fingerprint density at radius 1 is 1.06 bits per heavy atom. The summed E-state index contributed by atoms with van der Waals surface area (Å²) in [6.07, 6.45) is 5.68. The van der Waals surface area contributed by atoms with Crippen LogP contribution in [0.3, 0.4) is 0 Å². The zero-order valence-electron chi connectivity index (χ0n) is 18.2. The maximum atomic E-state index is 13.3. The highest BCUT2D eigenvalue weighted by Crippen LogP contribution is 2.24. The Morgan fingerprint density at radius 2 is 1.77 bits per heavy atom. The van der Waals surface area contributed by atoms with E-state index in [2.05, 4.69) is 5.32 Å². The largest absolute Gasteiger partial charge is 0.352 e. The molecule has 0 heterocycles. The molecule has 1 atom stereocenters. The van der Waals surface area contributed by atoms with Crippen LogP contribution in [0.4, 0.5) is 0 Å². The number of nitrogens with zero attached hydrogens (tertiary/aromatic N) is 1. The summed E-state index contributed by atoms with van der Waals surface area (Å²) in [6, 6.07) is 12.8. The van der Waals surface area contributed by atoms with Crippen molar-refractivity contribution in [3.63, 3.8) is 0 Å². The van der Waals surface area contributed by atoms with E-state index in [1.165, 1.54) is 6.42 Å². The minimum absolute atomic E-state index is 0.0945. The molecule has 3 rings (SSSR count). The van der Waals surface area contributed by atoms with E-state index in [0.717, 1.165) is 42.4 Å². The Hall–Kier alpha value is -2.04. The van der Waals surface area contributed by atoms with Gasteiger partial charge in [-0.3, -0.25) is 9.59 Å².